The van der Waals surface area contributed by atoms with Gasteiger partial charge in [0.2, 0.25) is 0 Å². The van der Waals surface area contributed by atoms with Crippen molar-refractivity contribution < 1.29 is 27.5 Å². The summed E-state index contributed by atoms with van der Waals surface area (Å²) in [7, 11) is 1.53. The molecule has 7 nitrogen and oxygen atoms in total. The zero-order valence-electron chi connectivity index (χ0n) is 13.7. The van der Waals surface area contributed by atoms with Crippen molar-refractivity contribution >= 4 is 11.6 Å². The number of furan rings is 1. The number of aromatic nitrogens is 2. The summed E-state index contributed by atoms with van der Waals surface area (Å²) in [5.74, 6) is -1.72. The summed E-state index contributed by atoms with van der Waals surface area (Å²) in [6, 6.07) is 5.99. The van der Waals surface area contributed by atoms with Crippen LogP contribution < -0.4 is 10.1 Å². The lowest BCUT2D eigenvalue weighted by Crippen LogP contribution is -2.10. The molecule has 0 saturated carbocycles. The van der Waals surface area contributed by atoms with E-state index in [1.165, 1.54) is 36.2 Å². The van der Waals surface area contributed by atoms with Crippen molar-refractivity contribution in [2.45, 2.75) is 13.3 Å². The van der Waals surface area contributed by atoms with Crippen LogP contribution in [0.4, 0.5) is 14.5 Å². The Morgan fingerprint density at radius 3 is 2.92 bits per heavy atom. The second-order valence-electron chi connectivity index (χ2n) is 5.27. The number of nitrogens with one attached hydrogen (secondary N) is 1. The van der Waals surface area contributed by atoms with Gasteiger partial charge in [0.15, 0.2) is 17.3 Å². The highest BCUT2D eigenvalue weighted by Crippen LogP contribution is 2.20. The molecule has 0 unspecified atom stereocenters. The number of halogens is 2. The Morgan fingerprint density at radius 2 is 2.15 bits per heavy atom. The van der Waals surface area contributed by atoms with Gasteiger partial charge >= 0.3 is 0 Å². The molecule has 0 aliphatic heterocycles. The van der Waals surface area contributed by atoms with E-state index in [0.717, 1.165) is 12.1 Å². The Hall–Kier alpha value is -3.20. The smallest absolute Gasteiger partial charge is 0.291 e. The van der Waals surface area contributed by atoms with E-state index in [-0.39, 0.29) is 24.8 Å². The lowest BCUT2D eigenvalue weighted by Gasteiger charge is -2.05. The number of methoxy groups -OCH3 is 1. The van der Waals surface area contributed by atoms with Gasteiger partial charge in [-0.15, -0.1) is 0 Å². The number of carbonyl (C=O) groups is 1. The third-order valence-electron chi connectivity index (χ3n) is 3.30. The predicted octanol–water partition coefficient (Wildman–Crippen LogP) is 3.19. The molecular formula is C17H15F2N3O4. The zero-order chi connectivity index (χ0) is 18.5. The average Bonchev–Trinajstić information content (AvgIpc) is 3.24. The molecule has 2 aromatic heterocycles. The first-order valence-electron chi connectivity index (χ1n) is 7.54. The summed E-state index contributed by atoms with van der Waals surface area (Å²) in [6.07, 6.45) is 3.08. The van der Waals surface area contributed by atoms with Crippen LogP contribution in [0.1, 0.15) is 16.3 Å². The van der Waals surface area contributed by atoms with Crippen molar-refractivity contribution in [3.05, 3.63) is 65.9 Å². The van der Waals surface area contributed by atoms with E-state index in [2.05, 4.69) is 10.4 Å². The third kappa shape index (κ3) is 4.25. The number of rotatable bonds is 7. The molecule has 136 valence electrons. The topological polar surface area (TPSA) is 78.5 Å². The summed E-state index contributed by atoms with van der Waals surface area (Å²) in [5, 5.41) is 6.62. The number of anilines is 1. The first-order chi connectivity index (χ1) is 12.5. The molecule has 0 fully saturated rings. The van der Waals surface area contributed by atoms with Crippen LogP contribution in [-0.4, -0.2) is 22.8 Å². The number of hydrogen-bond donors (Lipinski definition) is 1. The molecule has 0 saturated heterocycles. The molecule has 0 radical (unpaired) electrons. The predicted molar refractivity (Wildman–Crippen MR) is 86.6 cm³/mol. The molecule has 1 N–H and O–H groups in total. The highest BCUT2D eigenvalue weighted by molar-refractivity contribution is 6.02. The Balaban J connectivity index is 1.58. The van der Waals surface area contributed by atoms with Crippen LogP contribution in [0.3, 0.4) is 0 Å². The van der Waals surface area contributed by atoms with E-state index in [1.807, 2.05) is 0 Å². The number of amides is 1. The summed E-state index contributed by atoms with van der Waals surface area (Å²) < 4.78 is 43.4. The number of hydrogen-bond acceptors (Lipinski definition) is 5. The van der Waals surface area contributed by atoms with Gasteiger partial charge in [-0.2, -0.15) is 5.10 Å². The highest BCUT2D eigenvalue weighted by Gasteiger charge is 2.13. The Bertz CT molecular complexity index is 907. The molecule has 2 heterocycles. The summed E-state index contributed by atoms with van der Waals surface area (Å²) in [6.45, 7) is 0.152. The van der Waals surface area contributed by atoms with E-state index >= 15 is 0 Å². The van der Waals surface area contributed by atoms with E-state index < -0.39 is 17.5 Å². The molecule has 0 aliphatic carbocycles. The number of benzene rings is 1. The van der Waals surface area contributed by atoms with Crippen molar-refractivity contribution in [1.82, 2.24) is 9.78 Å². The first-order valence-corrected chi connectivity index (χ1v) is 7.54. The average molecular weight is 363 g/mol. The van der Waals surface area contributed by atoms with Gasteiger partial charge in [0.25, 0.3) is 5.91 Å². The van der Waals surface area contributed by atoms with Crippen LogP contribution in [0.5, 0.6) is 5.75 Å². The molecule has 26 heavy (non-hydrogen) atoms. The van der Waals surface area contributed by atoms with Crippen molar-refractivity contribution in [1.29, 1.82) is 0 Å². The van der Waals surface area contributed by atoms with Crippen LogP contribution in [0.25, 0.3) is 0 Å². The van der Waals surface area contributed by atoms with Crippen LogP contribution in [0, 0.1) is 11.6 Å². The second-order valence-corrected chi connectivity index (χ2v) is 5.27. The molecule has 0 spiro atoms. The molecular weight excluding hydrogens is 348 g/mol. The minimum atomic E-state index is -0.817. The summed E-state index contributed by atoms with van der Waals surface area (Å²) in [4.78, 5) is 12.1. The van der Waals surface area contributed by atoms with Gasteiger partial charge in [0.1, 0.15) is 24.9 Å². The van der Waals surface area contributed by atoms with E-state index in [4.69, 9.17) is 13.9 Å². The molecule has 1 amide bonds. The van der Waals surface area contributed by atoms with E-state index in [9.17, 15) is 13.6 Å². The minimum absolute atomic E-state index is 0.0580. The normalized spacial score (nSPS) is 10.7. The van der Waals surface area contributed by atoms with Crippen LogP contribution in [-0.2, 0) is 18.1 Å². The maximum absolute atomic E-state index is 13.5. The fraction of sp³-hybridized carbons (Fsp3) is 0.176. The number of nitrogens with zero attached hydrogens (tertiary/aromatic N) is 2. The highest BCUT2D eigenvalue weighted by atomic mass is 19.1. The fourth-order valence-electron chi connectivity index (χ4n) is 2.14. The van der Waals surface area contributed by atoms with Gasteiger partial charge in [-0.3, -0.25) is 4.79 Å². The van der Waals surface area contributed by atoms with Gasteiger partial charge in [-0.25, -0.2) is 13.5 Å². The molecule has 0 atom stereocenters. The molecule has 9 heteroatoms. The first kappa shape index (κ1) is 17.6. The van der Waals surface area contributed by atoms with Crippen LogP contribution >= 0.6 is 0 Å². The monoisotopic (exact) mass is 363 g/mol. The number of ether oxygens (including phenoxy) is 2. The largest absolute Gasteiger partial charge is 0.483 e. The van der Waals surface area contributed by atoms with Crippen molar-refractivity contribution in [3.8, 4) is 5.75 Å². The van der Waals surface area contributed by atoms with Crippen molar-refractivity contribution in [3.63, 3.8) is 0 Å². The standard InChI is InChI=1S/C17H15F2N3O4/c1-24-10-22-8-12(7-20-22)21-17(23)16-5-3-13(26-16)9-25-15-4-2-11(18)6-14(15)19/h2-8H,9-10H2,1H3,(H,21,23). The van der Waals surface area contributed by atoms with Gasteiger partial charge in [-0.1, -0.05) is 0 Å². The van der Waals surface area contributed by atoms with Crippen molar-refractivity contribution in [2.24, 2.45) is 0 Å². The Morgan fingerprint density at radius 1 is 1.31 bits per heavy atom. The zero-order valence-corrected chi connectivity index (χ0v) is 13.7. The Labute approximate surface area is 147 Å². The summed E-state index contributed by atoms with van der Waals surface area (Å²) >= 11 is 0. The maximum Gasteiger partial charge on any atom is 0.291 e. The lowest BCUT2D eigenvalue weighted by molar-refractivity contribution is 0.0992. The SMILES string of the molecule is COCn1cc(NC(=O)c2ccc(COc3ccc(F)cc3F)o2)cn1. The molecule has 3 aromatic rings. The fourth-order valence-corrected chi connectivity index (χ4v) is 2.14. The molecule has 0 bridgehead atoms. The Kier molecular flexibility index (Phi) is 5.28. The van der Waals surface area contributed by atoms with Gasteiger partial charge < -0.3 is 19.2 Å². The molecule has 0 aliphatic rings. The van der Waals surface area contributed by atoms with Crippen LogP contribution in [0.2, 0.25) is 0 Å². The molecule has 3 rings (SSSR count). The number of carbonyl (C=O) groups excluding carboxylic acids is 1. The minimum Gasteiger partial charge on any atom is -0.483 e. The summed E-state index contributed by atoms with van der Waals surface area (Å²) in [5.41, 5.74) is 0.481. The quantitative estimate of drug-likeness (QED) is 0.697. The second kappa shape index (κ2) is 7.79. The van der Waals surface area contributed by atoms with Gasteiger partial charge in [0.05, 0.1) is 18.1 Å². The molecule has 1 aromatic carbocycles. The van der Waals surface area contributed by atoms with E-state index in [1.54, 1.807) is 6.20 Å². The van der Waals surface area contributed by atoms with Crippen molar-refractivity contribution in [2.75, 3.05) is 12.4 Å². The maximum atomic E-state index is 13.5. The lowest BCUT2D eigenvalue weighted by atomic mass is 10.3. The van der Waals surface area contributed by atoms with Gasteiger partial charge in [0, 0.05) is 13.2 Å². The van der Waals surface area contributed by atoms with E-state index in [0.29, 0.717) is 11.4 Å². The third-order valence-corrected chi connectivity index (χ3v) is 3.30. The van der Waals surface area contributed by atoms with Gasteiger partial charge in [-0.05, 0) is 24.3 Å². The van der Waals surface area contributed by atoms with Crippen LogP contribution in [0.15, 0.2) is 47.1 Å².